The van der Waals surface area contributed by atoms with Crippen molar-refractivity contribution < 1.29 is 9.90 Å². The number of aliphatic carboxylic acids is 1. The lowest BCUT2D eigenvalue weighted by Gasteiger charge is -2.17. The molecule has 0 radical (unpaired) electrons. The van der Waals surface area contributed by atoms with E-state index in [-0.39, 0.29) is 5.92 Å². The summed E-state index contributed by atoms with van der Waals surface area (Å²) in [4.78, 5) is 10.9. The van der Waals surface area contributed by atoms with Gasteiger partial charge < -0.3 is 5.11 Å². The van der Waals surface area contributed by atoms with Crippen molar-refractivity contribution in [3.63, 3.8) is 0 Å². The first-order chi connectivity index (χ1) is 5.75. The Morgan fingerprint density at radius 2 is 2.50 bits per heavy atom. The van der Waals surface area contributed by atoms with Crippen molar-refractivity contribution in [3.05, 3.63) is 0 Å². The van der Waals surface area contributed by atoms with Crippen molar-refractivity contribution in [3.8, 4) is 0 Å². The molecule has 0 bridgehead atoms. The molecule has 0 aliphatic carbocycles. The summed E-state index contributed by atoms with van der Waals surface area (Å²) in [5, 5.41) is 8.96. The maximum absolute atomic E-state index is 10.9. The normalized spacial score (nSPS) is 25.6. The van der Waals surface area contributed by atoms with Gasteiger partial charge in [-0.15, -0.1) is 0 Å². The molecule has 0 aromatic rings. The summed E-state index contributed by atoms with van der Waals surface area (Å²) >= 11 is 1.89. The van der Waals surface area contributed by atoms with Gasteiger partial charge in [0.25, 0.3) is 0 Å². The first-order valence-electron chi connectivity index (χ1n) is 4.56. The summed E-state index contributed by atoms with van der Waals surface area (Å²) < 4.78 is 0. The Kier molecular flexibility index (Phi) is 3.92. The maximum Gasteiger partial charge on any atom is 0.306 e. The summed E-state index contributed by atoms with van der Waals surface area (Å²) in [5.41, 5.74) is 0. The average Bonchev–Trinajstić information content (AvgIpc) is 2.51. The summed E-state index contributed by atoms with van der Waals surface area (Å²) in [5.74, 6) is 1.97. The molecule has 12 heavy (non-hydrogen) atoms. The first-order valence-corrected chi connectivity index (χ1v) is 5.71. The molecule has 0 aromatic heterocycles. The summed E-state index contributed by atoms with van der Waals surface area (Å²) in [6, 6.07) is 0. The van der Waals surface area contributed by atoms with Crippen LogP contribution in [0, 0.1) is 11.8 Å². The molecule has 0 spiro atoms. The summed E-state index contributed by atoms with van der Waals surface area (Å²) in [7, 11) is 0. The smallest absolute Gasteiger partial charge is 0.306 e. The largest absolute Gasteiger partial charge is 0.481 e. The molecule has 3 heteroatoms. The quantitative estimate of drug-likeness (QED) is 0.735. The molecule has 1 aliphatic heterocycles. The van der Waals surface area contributed by atoms with E-state index in [2.05, 4.69) is 6.92 Å². The fourth-order valence-electron chi connectivity index (χ4n) is 1.74. The van der Waals surface area contributed by atoms with Crippen LogP contribution in [0.25, 0.3) is 0 Å². The molecule has 1 saturated heterocycles. The van der Waals surface area contributed by atoms with Gasteiger partial charge in [0.05, 0.1) is 5.92 Å². The molecule has 2 atom stereocenters. The van der Waals surface area contributed by atoms with Crippen LogP contribution < -0.4 is 0 Å². The second-order valence-electron chi connectivity index (χ2n) is 3.36. The molecule has 0 aromatic carbocycles. The predicted molar refractivity (Wildman–Crippen MR) is 51.5 cm³/mol. The Morgan fingerprint density at radius 1 is 1.75 bits per heavy atom. The summed E-state index contributed by atoms with van der Waals surface area (Å²) in [6.07, 6.45) is 2.93. The van der Waals surface area contributed by atoms with E-state index >= 15 is 0 Å². The fraction of sp³-hybridized carbons (Fsp3) is 0.889. The highest BCUT2D eigenvalue weighted by Crippen LogP contribution is 2.32. The lowest BCUT2D eigenvalue weighted by Crippen LogP contribution is -2.23. The molecular formula is C9H16O2S. The van der Waals surface area contributed by atoms with Crippen molar-refractivity contribution in [1.29, 1.82) is 0 Å². The fourth-order valence-corrected chi connectivity index (χ4v) is 3.08. The zero-order chi connectivity index (χ0) is 8.97. The van der Waals surface area contributed by atoms with E-state index in [9.17, 15) is 4.79 Å². The molecule has 0 amide bonds. The van der Waals surface area contributed by atoms with Crippen LogP contribution in [-0.2, 0) is 4.79 Å². The average molecular weight is 188 g/mol. The van der Waals surface area contributed by atoms with E-state index in [0.29, 0.717) is 5.92 Å². The highest BCUT2D eigenvalue weighted by atomic mass is 32.2. The molecule has 1 N–H and O–H groups in total. The van der Waals surface area contributed by atoms with Gasteiger partial charge in [0.1, 0.15) is 0 Å². The third-order valence-electron chi connectivity index (χ3n) is 2.45. The SMILES string of the molecule is CCCC(C(=O)O)C1CCSC1. The van der Waals surface area contributed by atoms with Crippen molar-refractivity contribution >= 4 is 17.7 Å². The van der Waals surface area contributed by atoms with Gasteiger partial charge in [-0.25, -0.2) is 0 Å². The Balaban J connectivity index is 2.45. The van der Waals surface area contributed by atoms with Crippen LogP contribution in [-0.4, -0.2) is 22.6 Å². The summed E-state index contributed by atoms with van der Waals surface area (Å²) in [6.45, 7) is 2.05. The van der Waals surface area contributed by atoms with Crippen molar-refractivity contribution in [2.45, 2.75) is 26.2 Å². The van der Waals surface area contributed by atoms with Crippen LogP contribution in [0.1, 0.15) is 26.2 Å². The van der Waals surface area contributed by atoms with Gasteiger partial charge in [-0.1, -0.05) is 13.3 Å². The highest BCUT2D eigenvalue weighted by molar-refractivity contribution is 7.99. The number of carboxylic acids is 1. The lowest BCUT2D eigenvalue weighted by atomic mass is 9.88. The molecule has 2 nitrogen and oxygen atoms in total. The minimum Gasteiger partial charge on any atom is -0.481 e. The third kappa shape index (κ3) is 2.41. The van der Waals surface area contributed by atoms with Crippen molar-refractivity contribution in [1.82, 2.24) is 0 Å². The monoisotopic (exact) mass is 188 g/mol. The number of hydrogen-bond donors (Lipinski definition) is 1. The number of carbonyl (C=O) groups is 1. The third-order valence-corrected chi connectivity index (χ3v) is 3.64. The topological polar surface area (TPSA) is 37.3 Å². The number of carboxylic acid groups (broad SMARTS) is 1. The number of hydrogen-bond acceptors (Lipinski definition) is 2. The Hall–Kier alpha value is -0.180. The van der Waals surface area contributed by atoms with Gasteiger partial charge in [-0.2, -0.15) is 11.8 Å². The van der Waals surface area contributed by atoms with Gasteiger partial charge >= 0.3 is 5.97 Å². The van der Waals surface area contributed by atoms with Gasteiger partial charge in [0.15, 0.2) is 0 Å². The van der Waals surface area contributed by atoms with Crippen LogP contribution in [0.4, 0.5) is 0 Å². The van der Waals surface area contributed by atoms with E-state index in [1.165, 1.54) is 0 Å². The highest BCUT2D eigenvalue weighted by Gasteiger charge is 2.29. The van der Waals surface area contributed by atoms with Crippen LogP contribution in [0.3, 0.4) is 0 Å². The molecule has 1 heterocycles. The molecule has 2 unspecified atom stereocenters. The second kappa shape index (κ2) is 4.75. The van der Waals surface area contributed by atoms with Crippen molar-refractivity contribution in [2.75, 3.05) is 11.5 Å². The molecular weight excluding hydrogens is 172 g/mol. The standard InChI is InChI=1S/C9H16O2S/c1-2-3-8(9(10)11)7-4-5-12-6-7/h7-8H,2-6H2,1H3,(H,10,11). The minimum absolute atomic E-state index is 0.0787. The van der Waals surface area contributed by atoms with Crippen LogP contribution in [0.5, 0.6) is 0 Å². The van der Waals surface area contributed by atoms with Gasteiger partial charge in [-0.3, -0.25) is 4.79 Å². The van der Waals surface area contributed by atoms with Gasteiger partial charge in [-0.05, 0) is 30.3 Å². The van der Waals surface area contributed by atoms with E-state index in [1.807, 2.05) is 11.8 Å². The van der Waals surface area contributed by atoms with Gasteiger partial charge in [0.2, 0.25) is 0 Å². The van der Waals surface area contributed by atoms with Crippen molar-refractivity contribution in [2.24, 2.45) is 11.8 Å². The van der Waals surface area contributed by atoms with Gasteiger partial charge in [0, 0.05) is 0 Å². The van der Waals surface area contributed by atoms with E-state index in [0.717, 1.165) is 30.8 Å². The number of rotatable bonds is 4. The molecule has 1 aliphatic rings. The van der Waals surface area contributed by atoms with E-state index < -0.39 is 5.97 Å². The van der Waals surface area contributed by atoms with E-state index in [1.54, 1.807) is 0 Å². The molecule has 1 fully saturated rings. The maximum atomic E-state index is 10.9. The molecule has 1 rings (SSSR count). The Morgan fingerprint density at radius 3 is 2.92 bits per heavy atom. The zero-order valence-electron chi connectivity index (χ0n) is 7.45. The van der Waals surface area contributed by atoms with Crippen LogP contribution >= 0.6 is 11.8 Å². The first kappa shape index (κ1) is 9.90. The lowest BCUT2D eigenvalue weighted by molar-refractivity contribution is -0.143. The predicted octanol–water partition coefficient (Wildman–Crippen LogP) is 2.24. The minimum atomic E-state index is -0.593. The van der Waals surface area contributed by atoms with E-state index in [4.69, 9.17) is 5.11 Å². The van der Waals surface area contributed by atoms with Crippen LogP contribution in [0.2, 0.25) is 0 Å². The Labute approximate surface area is 77.7 Å². The second-order valence-corrected chi connectivity index (χ2v) is 4.51. The zero-order valence-corrected chi connectivity index (χ0v) is 8.27. The number of thioether (sulfide) groups is 1. The van der Waals surface area contributed by atoms with Crippen LogP contribution in [0.15, 0.2) is 0 Å². The molecule has 70 valence electrons. The molecule has 0 saturated carbocycles. The Bertz CT molecular complexity index is 153.